The fourth-order valence-corrected chi connectivity index (χ4v) is 3.90. The average Bonchev–Trinajstić information content (AvgIpc) is 3.44. The fraction of sp³-hybridized carbons (Fsp3) is 0.364. The number of carbonyl (C=O) groups excluding carboxylic acids is 1. The molecule has 27 heavy (non-hydrogen) atoms. The molecule has 1 atom stereocenters. The first-order valence-corrected chi connectivity index (χ1v) is 9.96. The largest absolute Gasteiger partial charge is 0.355 e. The summed E-state index contributed by atoms with van der Waals surface area (Å²) in [7, 11) is 0. The highest BCUT2D eigenvalue weighted by Gasteiger charge is 2.37. The Balaban J connectivity index is 1.36. The highest BCUT2D eigenvalue weighted by molar-refractivity contribution is 6.30. The third-order valence-corrected chi connectivity index (χ3v) is 5.56. The first-order chi connectivity index (χ1) is 13.1. The number of nitrogens with zero attached hydrogens (tertiary/aromatic N) is 2. The van der Waals surface area contributed by atoms with Crippen LogP contribution < -0.4 is 5.32 Å². The van der Waals surface area contributed by atoms with Gasteiger partial charge in [-0.2, -0.15) is 0 Å². The van der Waals surface area contributed by atoms with Gasteiger partial charge in [0.1, 0.15) is 5.82 Å². The summed E-state index contributed by atoms with van der Waals surface area (Å²) in [6.45, 7) is 3.55. The second-order valence-corrected chi connectivity index (χ2v) is 7.75. The number of halogens is 1. The molecule has 1 saturated carbocycles. The molecule has 1 aliphatic rings. The number of nitrogens with one attached hydrogen (secondary N) is 1. The predicted octanol–water partition coefficient (Wildman–Crippen LogP) is 4.70. The van der Waals surface area contributed by atoms with E-state index < -0.39 is 0 Å². The van der Waals surface area contributed by atoms with Crippen molar-refractivity contribution in [3.63, 3.8) is 0 Å². The Morgan fingerprint density at radius 3 is 2.70 bits per heavy atom. The van der Waals surface area contributed by atoms with Gasteiger partial charge in [0.25, 0.3) is 0 Å². The lowest BCUT2D eigenvalue weighted by Crippen LogP contribution is -2.31. The van der Waals surface area contributed by atoms with E-state index in [1.807, 2.05) is 49.4 Å². The van der Waals surface area contributed by atoms with Crippen LogP contribution in [0.15, 0.2) is 48.5 Å². The van der Waals surface area contributed by atoms with Gasteiger partial charge in [0.2, 0.25) is 5.91 Å². The van der Waals surface area contributed by atoms with Crippen LogP contribution in [0.1, 0.15) is 36.6 Å². The van der Waals surface area contributed by atoms with Crippen LogP contribution in [-0.4, -0.2) is 22.0 Å². The highest BCUT2D eigenvalue weighted by Crippen LogP contribution is 2.42. The van der Waals surface area contributed by atoms with Crippen LogP contribution in [0.3, 0.4) is 0 Å². The molecule has 0 saturated heterocycles. The lowest BCUT2D eigenvalue weighted by Gasteiger charge is -2.17. The molecule has 3 aromatic rings. The Bertz CT molecular complexity index is 944. The molecule has 1 amide bonds. The average molecular weight is 382 g/mol. The van der Waals surface area contributed by atoms with Crippen LogP contribution in [0.4, 0.5) is 0 Å². The van der Waals surface area contributed by atoms with E-state index in [0.717, 1.165) is 48.2 Å². The molecular formula is C22H24ClN3O. The number of rotatable bonds is 7. The maximum absolute atomic E-state index is 12.8. The standard InChI is InChI=1S/C22H24ClN3O/c1-15-25-19-5-2-3-6-20(19)26(15)14-4-13-24-22(27)21(16-7-8-16)17-9-11-18(23)12-10-17/h2-3,5-6,9-12,16,21H,4,7-8,13-14H2,1H3,(H,24,27). The van der Waals surface area contributed by atoms with E-state index in [4.69, 9.17) is 11.6 Å². The first kappa shape index (κ1) is 18.1. The minimum atomic E-state index is -0.0573. The third-order valence-electron chi connectivity index (χ3n) is 5.31. The summed E-state index contributed by atoms with van der Waals surface area (Å²) in [6, 6.07) is 15.9. The number of hydrogen-bond acceptors (Lipinski definition) is 2. The number of benzene rings is 2. The van der Waals surface area contributed by atoms with E-state index in [-0.39, 0.29) is 11.8 Å². The second kappa shape index (κ2) is 7.73. The van der Waals surface area contributed by atoms with Gasteiger partial charge in [-0.1, -0.05) is 35.9 Å². The topological polar surface area (TPSA) is 46.9 Å². The van der Waals surface area contributed by atoms with Crippen molar-refractivity contribution in [2.45, 2.75) is 38.6 Å². The minimum absolute atomic E-state index is 0.0573. The lowest BCUT2D eigenvalue weighted by molar-refractivity contribution is -0.123. The van der Waals surface area contributed by atoms with Crippen molar-refractivity contribution < 1.29 is 4.79 Å². The Morgan fingerprint density at radius 2 is 1.96 bits per heavy atom. The Labute approximate surface area is 164 Å². The predicted molar refractivity (Wildman–Crippen MR) is 109 cm³/mol. The summed E-state index contributed by atoms with van der Waals surface area (Å²) in [5.41, 5.74) is 3.24. The minimum Gasteiger partial charge on any atom is -0.355 e. The normalized spacial score (nSPS) is 15.0. The number of fused-ring (bicyclic) bond motifs is 1. The quantitative estimate of drug-likeness (QED) is 0.603. The molecule has 4 rings (SSSR count). The van der Waals surface area contributed by atoms with Gasteiger partial charge in [0.15, 0.2) is 0 Å². The molecule has 1 fully saturated rings. The molecule has 0 bridgehead atoms. The maximum atomic E-state index is 12.8. The van der Waals surface area contributed by atoms with Gasteiger partial charge in [-0.25, -0.2) is 4.98 Å². The van der Waals surface area contributed by atoms with E-state index in [9.17, 15) is 4.79 Å². The molecule has 0 radical (unpaired) electrons. The van der Waals surface area contributed by atoms with Crippen molar-refractivity contribution in [2.24, 2.45) is 5.92 Å². The summed E-state index contributed by atoms with van der Waals surface area (Å²) in [5.74, 6) is 1.55. The Kier molecular flexibility index (Phi) is 5.17. The smallest absolute Gasteiger partial charge is 0.227 e. The molecule has 1 unspecified atom stereocenters. The van der Waals surface area contributed by atoms with Gasteiger partial charge < -0.3 is 9.88 Å². The number of imidazole rings is 1. The highest BCUT2D eigenvalue weighted by atomic mass is 35.5. The SMILES string of the molecule is Cc1nc2ccccc2n1CCCNC(=O)C(c1ccc(Cl)cc1)C1CC1. The first-order valence-electron chi connectivity index (χ1n) is 9.58. The van der Waals surface area contributed by atoms with Crippen LogP contribution in [0.25, 0.3) is 11.0 Å². The van der Waals surface area contributed by atoms with Crippen molar-refractivity contribution in [2.75, 3.05) is 6.54 Å². The third kappa shape index (κ3) is 4.01. The van der Waals surface area contributed by atoms with E-state index >= 15 is 0 Å². The Hall–Kier alpha value is -2.33. The van der Waals surface area contributed by atoms with Gasteiger partial charge in [-0.3, -0.25) is 4.79 Å². The molecule has 1 aliphatic carbocycles. The maximum Gasteiger partial charge on any atom is 0.227 e. The van der Waals surface area contributed by atoms with Crippen molar-refractivity contribution in [1.29, 1.82) is 0 Å². The second-order valence-electron chi connectivity index (χ2n) is 7.31. The summed E-state index contributed by atoms with van der Waals surface area (Å²) >= 11 is 5.99. The van der Waals surface area contributed by atoms with Gasteiger partial charge >= 0.3 is 0 Å². The van der Waals surface area contributed by atoms with Crippen LogP contribution >= 0.6 is 11.6 Å². The number of hydrogen-bond donors (Lipinski definition) is 1. The molecule has 1 aromatic heterocycles. The van der Waals surface area contributed by atoms with Gasteiger partial charge in [0.05, 0.1) is 17.0 Å². The van der Waals surface area contributed by atoms with Crippen molar-refractivity contribution in [1.82, 2.24) is 14.9 Å². The molecule has 0 spiro atoms. The molecule has 140 valence electrons. The van der Waals surface area contributed by atoms with E-state index in [2.05, 4.69) is 20.9 Å². The zero-order chi connectivity index (χ0) is 18.8. The zero-order valence-electron chi connectivity index (χ0n) is 15.5. The summed E-state index contributed by atoms with van der Waals surface area (Å²) in [4.78, 5) is 17.4. The van der Waals surface area contributed by atoms with Gasteiger partial charge in [0, 0.05) is 18.1 Å². The number of aryl methyl sites for hydroxylation is 2. The van der Waals surface area contributed by atoms with Gasteiger partial charge in [-0.05, 0) is 61.9 Å². The summed E-state index contributed by atoms with van der Waals surface area (Å²) in [6.07, 6.45) is 3.13. The number of amides is 1. The van der Waals surface area contributed by atoms with Crippen molar-refractivity contribution >= 4 is 28.5 Å². The molecule has 2 aromatic carbocycles. The summed E-state index contributed by atoms with van der Waals surface area (Å²) in [5, 5.41) is 3.85. The van der Waals surface area contributed by atoms with E-state index in [0.29, 0.717) is 17.5 Å². The summed E-state index contributed by atoms with van der Waals surface area (Å²) < 4.78 is 2.22. The molecular weight excluding hydrogens is 358 g/mol. The van der Waals surface area contributed by atoms with Crippen molar-refractivity contribution in [3.8, 4) is 0 Å². The van der Waals surface area contributed by atoms with E-state index in [1.54, 1.807) is 0 Å². The number of carbonyl (C=O) groups is 1. The molecule has 4 nitrogen and oxygen atoms in total. The van der Waals surface area contributed by atoms with Crippen LogP contribution in [0, 0.1) is 12.8 Å². The van der Waals surface area contributed by atoms with Crippen molar-refractivity contribution in [3.05, 3.63) is 64.9 Å². The molecule has 0 aliphatic heterocycles. The zero-order valence-corrected chi connectivity index (χ0v) is 16.2. The number of para-hydroxylation sites is 2. The fourth-order valence-electron chi connectivity index (χ4n) is 3.77. The molecule has 5 heteroatoms. The lowest BCUT2D eigenvalue weighted by atomic mass is 9.93. The van der Waals surface area contributed by atoms with E-state index in [1.165, 1.54) is 0 Å². The monoisotopic (exact) mass is 381 g/mol. The van der Waals surface area contributed by atoms with Crippen LogP contribution in [-0.2, 0) is 11.3 Å². The Morgan fingerprint density at radius 1 is 1.22 bits per heavy atom. The van der Waals surface area contributed by atoms with Crippen LogP contribution in [0.2, 0.25) is 5.02 Å². The molecule has 1 heterocycles. The van der Waals surface area contributed by atoms with Gasteiger partial charge in [-0.15, -0.1) is 0 Å². The molecule has 1 N–H and O–H groups in total. The van der Waals surface area contributed by atoms with Crippen LogP contribution in [0.5, 0.6) is 0 Å². The number of aromatic nitrogens is 2.